The Kier molecular flexibility index (Phi) is 5.95. The van der Waals surface area contributed by atoms with Gasteiger partial charge in [-0.3, -0.25) is 4.79 Å². The van der Waals surface area contributed by atoms with E-state index in [1.807, 2.05) is 0 Å². The Morgan fingerprint density at radius 2 is 1.96 bits per heavy atom. The zero-order chi connectivity index (χ0) is 17.7. The van der Waals surface area contributed by atoms with Crippen LogP contribution in [0.15, 0.2) is 29.2 Å². The molecule has 1 aliphatic rings. The number of nitrogens with zero attached hydrogens (tertiary/aromatic N) is 1. The summed E-state index contributed by atoms with van der Waals surface area (Å²) in [6, 6.07) is 5.56. The highest BCUT2D eigenvalue weighted by Gasteiger charge is 2.26. The van der Waals surface area contributed by atoms with Gasteiger partial charge in [0.25, 0.3) is 5.91 Å². The number of sulfonamides is 1. The maximum Gasteiger partial charge on any atom is 0.338 e. The topological polar surface area (TPSA) is 92.8 Å². The molecule has 0 radical (unpaired) electrons. The van der Waals surface area contributed by atoms with Gasteiger partial charge in [-0.25, -0.2) is 17.9 Å². The fraction of sp³-hybridized carbons (Fsp3) is 0.500. The molecule has 1 amide bonds. The molecular formula is C16H22N2O5S. The molecule has 2 rings (SSSR count). The Balaban J connectivity index is 2.08. The van der Waals surface area contributed by atoms with Crippen molar-refractivity contribution in [1.29, 1.82) is 0 Å². The van der Waals surface area contributed by atoms with Gasteiger partial charge in [0, 0.05) is 19.6 Å². The van der Waals surface area contributed by atoms with Crippen LogP contribution in [-0.4, -0.2) is 50.9 Å². The second-order valence-electron chi connectivity index (χ2n) is 5.61. The van der Waals surface area contributed by atoms with E-state index in [4.69, 9.17) is 4.74 Å². The number of esters is 1. The molecule has 7 nitrogen and oxygen atoms in total. The van der Waals surface area contributed by atoms with E-state index in [1.165, 1.54) is 31.2 Å². The lowest BCUT2D eigenvalue weighted by atomic mass is 10.2. The molecule has 1 unspecified atom stereocenters. The molecule has 0 spiro atoms. The summed E-state index contributed by atoms with van der Waals surface area (Å²) in [5, 5.41) is 0. The molecule has 1 heterocycles. The highest BCUT2D eigenvalue weighted by Crippen LogP contribution is 2.15. The number of likely N-dealkylation sites (tertiary alicyclic amines) is 1. The van der Waals surface area contributed by atoms with Crippen LogP contribution in [0.25, 0.3) is 0 Å². The molecule has 0 saturated carbocycles. The maximum absolute atomic E-state index is 12.2. The quantitative estimate of drug-likeness (QED) is 0.774. The Labute approximate surface area is 142 Å². The van der Waals surface area contributed by atoms with E-state index >= 15 is 0 Å². The molecule has 132 valence electrons. The summed E-state index contributed by atoms with van der Waals surface area (Å²) < 4.78 is 31.5. The van der Waals surface area contributed by atoms with Gasteiger partial charge in [0.2, 0.25) is 10.0 Å². The summed E-state index contributed by atoms with van der Waals surface area (Å²) in [4.78, 5) is 26.0. The van der Waals surface area contributed by atoms with Gasteiger partial charge in [0.15, 0.2) is 6.10 Å². The van der Waals surface area contributed by atoms with Gasteiger partial charge in [-0.05, 0) is 38.0 Å². The van der Waals surface area contributed by atoms with Gasteiger partial charge in [0.05, 0.1) is 10.5 Å². The zero-order valence-corrected chi connectivity index (χ0v) is 14.6. The average molecular weight is 354 g/mol. The highest BCUT2D eigenvalue weighted by atomic mass is 32.2. The van der Waals surface area contributed by atoms with Crippen molar-refractivity contribution in [2.45, 2.75) is 37.7 Å². The molecule has 24 heavy (non-hydrogen) atoms. The third-order valence-corrected chi connectivity index (χ3v) is 5.31. The minimum Gasteiger partial charge on any atom is -0.449 e. The number of carbonyl (C=O) groups is 2. The van der Waals surface area contributed by atoms with Crippen molar-refractivity contribution in [1.82, 2.24) is 9.62 Å². The van der Waals surface area contributed by atoms with E-state index < -0.39 is 22.1 Å². The van der Waals surface area contributed by atoms with E-state index in [1.54, 1.807) is 11.8 Å². The van der Waals surface area contributed by atoms with Crippen molar-refractivity contribution >= 4 is 21.9 Å². The van der Waals surface area contributed by atoms with Gasteiger partial charge in [0.1, 0.15) is 0 Å². The molecule has 1 aromatic carbocycles. The number of amides is 1. The molecule has 1 N–H and O–H groups in total. The fourth-order valence-electron chi connectivity index (χ4n) is 2.54. The average Bonchev–Trinajstić information content (AvgIpc) is 3.08. The number of rotatable bonds is 6. The number of carbonyl (C=O) groups excluding carboxylic acids is 2. The van der Waals surface area contributed by atoms with Crippen LogP contribution in [-0.2, 0) is 19.6 Å². The first-order valence-corrected chi connectivity index (χ1v) is 9.43. The minimum atomic E-state index is -3.66. The third kappa shape index (κ3) is 4.33. The number of hydrogen-bond acceptors (Lipinski definition) is 5. The zero-order valence-electron chi connectivity index (χ0n) is 13.8. The second-order valence-corrected chi connectivity index (χ2v) is 7.38. The van der Waals surface area contributed by atoms with Crippen LogP contribution in [0.1, 0.15) is 37.0 Å². The minimum absolute atomic E-state index is 0.0164. The van der Waals surface area contributed by atoms with E-state index in [-0.39, 0.29) is 22.9 Å². The van der Waals surface area contributed by atoms with Crippen LogP contribution in [0.3, 0.4) is 0 Å². The standard InChI is InChI=1S/C16H22N2O5S/c1-3-17-24(21,22)14-8-6-7-13(11-14)16(20)23-12(2)15(19)18-9-4-5-10-18/h6-8,11-12,17H,3-5,9-10H2,1-2H3. The SMILES string of the molecule is CCNS(=O)(=O)c1cccc(C(=O)OC(C)C(=O)N2CCCC2)c1. The normalized spacial score (nSPS) is 16.0. The highest BCUT2D eigenvalue weighted by molar-refractivity contribution is 7.89. The summed E-state index contributed by atoms with van der Waals surface area (Å²) in [5.74, 6) is -0.944. The van der Waals surface area contributed by atoms with Crippen molar-refractivity contribution in [3.05, 3.63) is 29.8 Å². The maximum atomic E-state index is 12.2. The summed E-state index contributed by atoms with van der Waals surface area (Å²) in [6.45, 7) is 4.80. The first-order chi connectivity index (χ1) is 11.3. The smallest absolute Gasteiger partial charge is 0.338 e. The van der Waals surface area contributed by atoms with E-state index in [0.29, 0.717) is 13.1 Å². The predicted molar refractivity (Wildman–Crippen MR) is 88.0 cm³/mol. The van der Waals surface area contributed by atoms with E-state index in [0.717, 1.165) is 12.8 Å². The lowest BCUT2D eigenvalue weighted by Crippen LogP contribution is -2.38. The molecule has 1 aliphatic heterocycles. The van der Waals surface area contributed by atoms with E-state index in [2.05, 4.69) is 4.72 Å². The van der Waals surface area contributed by atoms with Crippen LogP contribution in [0, 0.1) is 0 Å². The number of benzene rings is 1. The fourth-order valence-corrected chi connectivity index (χ4v) is 3.62. The molecular weight excluding hydrogens is 332 g/mol. The number of nitrogens with one attached hydrogen (secondary N) is 1. The Morgan fingerprint density at radius 3 is 2.58 bits per heavy atom. The van der Waals surface area contributed by atoms with Gasteiger partial charge in [-0.1, -0.05) is 13.0 Å². The van der Waals surface area contributed by atoms with Gasteiger partial charge >= 0.3 is 5.97 Å². The molecule has 1 fully saturated rings. The molecule has 0 bridgehead atoms. The lowest BCUT2D eigenvalue weighted by molar-refractivity contribution is -0.138. The predicted octanol–water partition coefficient (Wildman–Crippen LogP) is 1.15. The van der Waals surface area contributed by atoms with Crippen molar-refractivity contribution in [3.8, 4) is 0 Å². The van der Waals surface area contributed by atoms with Crippen LogP contribution in [0.4, 0.5) is 0 Å². The Hall–Kier alpha value is -1.93. The largest absolute Gasteiger partial charge is 0.449 e. The number of ether oxygens (including phenoxy) is 1. The summed E-state index contributed by atoms with van der Waals surface area (Å²) in [7, 11) is -3.66. The van der Waals surface area contributed by atoms with Crippen LogP contribution >= 0.6 is 0 Å². The summed E-state index contributed by atoms with van der Waals surface area (Å²) in [5.41, 5.74) is 0.0926. The van der Waals surface area contributed by atoms with Crippen LogP contribution in [0.2, 0.25) is 0 Å². The first kappa shape index (κ1) is 18.4. The van der Waals surface area contributed by atoms with Crippen molar-refractivity contribution in [3.63, 3.8) is 0 Å². The van der Waals surface area contributed by atoms with E-state index in [9.17, 15) is 18.0 Å². The van der Waals surface area contributed by atoms with Crippen molar-refractivity contribution in [2.75, 3.05) is 19.6 Å². The summed E-state index contributed by atoms with van der Waals surface area (Å²) >= 11 is 0. The van der Waals surface area contributed by atoms with Crippen molar-refractivity contribution < 1.29 is 22.7 Å². The van der Waals surface area contributed by atoms with Gasteiger partial charge in [-0.15, -0.1) is 0 Å². The third-order valence-electron chi connectivity index (χ3n) is 3.76. The first-order valence-electron chi connectivity index (χ1n) is 7.94. The molecule has 1 saturated heterocycles. The van der Waals surface area contributed by atoms with Crippen LogP contribution < -0.4 is 4.72 Å². The van der Waals surface area contributed by atoms with Gasteiger partial charge < -0.3 is 9.64 Å². The molecule has 0 aromatic heterocycles. The summed E-state index contributed by atoms with van der Waals surface area (Å²) in [6.07, 6.45) is 1.01. The molecule has 0 aliphatic carbocycles. The Morgan fingerprint density at radius 1 is 1.29 bits per heavy atom. The Bertz CT molecular complexity index is 711. The monoisotopic (exact) mass is 354 g/mol. The molecule has 1 aromatic rings. The van der Waals surface area contributed by atoms with Crippen molar-refractivity contribution in [2.24, 2.45) is 0 Å². The molecule has 1 atom stereocenters. The second kappa shape index (κ2) is 7.76. The lowest BCUT2D eigenvalue weighted by Gasteiger charge is -2.20. The van der Waals surface area contributed by atoms with Crippen LogP contribution in [0.5, 0.6) is 0 Å². The molecule has 8 heteroatoms. The van der Waals surface area contributed by atoms with Gasteiger partial charge in [-0.2, -0.15) is 0 Å². The number of hydrogen-bond donors (Lipinski definition) is 1.